The molecule has 0 amide bonds. The molecule has 0 saturated heterocycles. The fourth-order valence-corrected chi connectivity index (χ4v) is 6.54. The van der Waals surface area contributed by atoms with E-state index < -0.39 is 0 Å². The predicted molar refractivity (Wildman–Crippen MR) is 158 cm³/mol. The van der Waals surface area contributed by atoms with Gasteiger partial charge in [0.15, 0.2) is 6.20 Å². The van der Waals surface area contributed by atoms with E-state index >= 15 is 0 Å². The van der Waals surface area contributed by atoms with E-state index in [0.29, 0.717) is 0 Å². The van der Waals surface area contributed by atoms with Crippen LogP contribution >= 0.6 is 0 Å². The van der Waals surface area contributed by atoms with Crippen molar-refractivity contribution >= 4 is 49.0 Å². The Balaban J connectivity index is 1.80. The lowest BCUT2D eigenvalue weighted by molar-refractivity contribution is -0.643. The maximum absolute atomic E-state index is 2.57. The van der Waals surface area contributed by atoms with E-state index in [0.717, 1.165) is 6.42 Å². The largest absolute Gasteiger partial charge is 0.307 e. The zero-order chi connectivity index (χ0) is 25.6. The van der Waals surface area contributed by atoms with Crippen LogP contribution in [0.1, 0.15) is 37.5 Å². The molecule has 0 aliphatic heterocycles. The summed E-state index contributed by atoms with van der Waals surface area (Å²) in [7, 11) is 2.20. The molecule has 0 aliphatic rings. The molecule has 0 unspecified atom stereocenters. The number of hydrogen-bond donors (Lipinski definition) is 0. The fraction of sp³-hybridized carbons (Fsp3) is 0.229. The van der Waals surface area contributed by atoms with Gasteiger partial charge < -0.3 is 4.40 Å². The second-order valence-electron chi connectivity index (χ2n) is 12.1. The molecule has 2 heteroatoms. The molecular formula is C35H33N2+. The number of pyridine rings is 2. The molecule has 0 atom stereocenters. The molecule has 182 valence electrons. The Morgan fingerprint density at radius 1 is 0.757 bits per heavy atom. The van der Waals surface area contributed by atoms with Crippen molar-refractivity contribution < 1.29 is 4.57 Å². The van der Waals surface area contributed by atoms with Crippen LogP contribution in [0.4, 0.5) is 0 Å². The van der Waals surface area contributed by atoms with Crippen LogP contribution in [0.25, 0.3) is 60.1 Å². The van der Waals surface area contributed by atoms with Gasteiger partial charge in [-0.25, -0.2) is 4.57 Å². The predicted octanol–water partition coefficient (Wildman–Crippen LogP) is 8.69. The normalized spacial score (nSPS) is 12.7. The highest BCUT2D eigenvalue weighted by Crippen LogP contribution is 2.44. The van der Waals surface area contributed by atoms with Crippen molar-refractivity contribution in [3.8, 4) is 11.1 Å². The van der Waals surface area contributed by atoms with E-state index in [1.165, 1.54) is 76.8 Å². The molecule has 2 nitrogen and oxygen atoms in total. The molecule has 0 spiro atoms. The number of benzene rings is 4. The molecule has 0 radical (unpaired) electrons. The first kappa shape index (κ1) is 22.3. The number of aryl methyl sites for hydroxylation is 3. The van der Waals surface area contributed by atoms with Gasteiger partial charge in [-0.3, -0.25) is 0 Å². The zero-order valence-electron chi connectivity index (χ0n) is 22.6. The summed E-state index contributed by atoms with van der Waals surface area (Å²) < 4.78 is 4.90. The van der Waals surface area contributed by atoms with E-state index in [1.54, 1.807) is 0 Å². The Morgan fingerprint density at radius 2 is 1.54 bits per heavy atom. The monoisotopic (exact) mass is 481 g/mol. The number of hydrogen-bond acceptors (Lipinski definition) is 0. The summed E-state index contributed by atoms with van der Waals surface area (Å²) >= 11 is 0. The third-order valence-electron chi connectivity index (χ3n) is 8.20. The second kappa shape index (κ2) is 7.55. The topological polar surface area (TPSA) is 8.29 Å². The van der Waals surface area contributed by atoms with E-state index in [1.807, 2.05) is 0 Å². The van der Waals surface area contributed by atoms with Crippen molar-refractivity contribution in [2.45, 2.75) is 41.0 Å². The molecule has 7 rings (SSSR count). The van der Waals surface area contributed by atoms with Crippen LogP contribution in [0.3, 0.4) is 0 Å². The van der Waals surface area contributed by atoms with Gasteiger partial charge in [0.05, 0.1) is 27.3 Å². The third-order valence-corrected chi connectivity index (χ3v) is 8.20. The first-order valence-corrected chi connectivity index (χ1v) is 13.3. The Morgan fingerprint density at radius 3 is 2.30 bits per heavy atom. The van der Waals surface area contributed by atoms with Crippen LogP contribution in [0, 0.1) is 19.3 Å². The fourth-order valence-electron chi connectivity index (χ4n) is 6.54. The number of aromatic nitrogens is 2. The van der Waals surface area contributed by atoms with Crippen molar-refractivity contribution in [2.24, 2.45) is 12.5 Å². The minimum Gasteiger partial charge on any atom is -0.307 e. The second-order valence-corrected chi connectivity index (χ2v) is 12.1. The Labute approximate surface area is 218 Å². The van der Waals surface area contributed by atoms with Crippen molar-refractivity contribution in [1.29, 1.82) is 0 Å². The lowest BCUT2D eigenvalue weighted by Crippen LogP contribution is -2.29. The Kier molecular flexibility index (Phi) is 4.55. The summed E-state index contributed by atoms with van der Waals surface area (Å²) in [5, 5.41) is 6.79. The van der Waals surface area contributed by atoms with Gasteiger partial charge in [-0.15, -0.1) is 0 Å². The van der Waals surface area contributed by atoms with Gasteiger partial charge in [-0.1, -0.05) is 63.2 Å². The Hall–Kier alpha value is -3.91. The molecule has 4 aromatic carbocycles. The Bertz CT molecular complexity index is 2000. The van der Waals surface area contributed by atoms with Crippen LogP contribution in [-0.2, 0) is 13.5 Å². The molecular weight excluding hydrogens is 448 g/mol. The number of fused-ring (bicyclic) bond motifs is 5. The molecule has 37 heavy (non-hydrogen) atoms. The average molecular weight is 482 g/mol. The molecule has 0 saturated carbocycles. The van der Waals surface area contributed by atoms with E-state index in [9.17, 15) is 0 Å². The van der Waals surface area contributed by atoms with Gasteiger partial charge in [0.2, 0.25) is 5.52 Å². The van der Waals surface area contributed by atoms with Gasteiger partial charge in [0.25, 0.3) is 0 Å². The molecule has 0 bridgehead atoms. The van der Waals surface area contributed by atoms with Gasteiger partial charge in [0.1, 0.15) is 7.05 Å². The minimum absolute atomic E-state index is 0.210. The molecule has 0 aliphatic carbocycles. The van der Waals surface area contributed by atoms with Crippen LogP contribution in [-0.4, -0.2) is 4.40 Å². The smallest absolute Gasteiger partial charge is 0.224 e. The number of nitrogens with zero attached hydrogens (tertiary/aromatic N) is 2. The summed E-state index contributed by atoms with van der Waals surface area (Å²) in [6.07, 6.45) is 3.28. The summed E-state index contributed by atoms with van der Waals surface area (Å²) in [5.41, 5.74) is 12.2. The minimum atomic E-state index is 0.210. The van der Waals surface area contributed by atoms with Crippen molar-refractivity contribution in [2.75, 3.05) is 0 Å². The quantitative estimate of drug-likeness (QED) is 0.133. The molecule has 3 aromatic heterocycles. The summed E-state index contributed by atoms with van der Waals surface area (Å²) in [4.78, 5) is 0. The highest BCUT2D eigenvalue weighted by molar-refractivity contribution is 6.27. The van der Waals surface area contributed by atoms with Gasteiger partial charge >= 0.3 is 0 Å². The van der Waals surface area contributed by atoms with Crippen LogP contribution < -0.4 is 4.57 Å². The average Bonchev–Trinajstić information content (AvgIpc) is 3.20. The summed E-state index contributed by atoms with van der Waals surface area (Å²) in [5.74, 6) is 0. The lowest BCUT2D eigenvalue weighted by atomic mass is 9.86. The maximum Gasteiger partial charge on any atom is 0.224 e. The molecule has 0 N–H and O–H groups in total. The molecule has 0 fully saturated rings. The van der Waals surface area contributed by atoms with Gasteiger partial charge in [0, 0.05) is 16.8 Å². The molecule has 7 aromatic rings. The van der Waals surface area contributed by atoms with E-state index in [2.05, 4.69) is 130 Å². The number of rotatable bonds is 2. The standard InChI is InChI=1S/C35H33N2/c1-21-17-27-31-25(20-35(3,4)5)13-10-14-28(31)37-29-19-26(23-11-8-7-9-12-23)18-24-15-16-36(6)34(32(24)29)30(22(21)2)33(27)37/h7-19H,20H2,1-6H3/q+1. The van der Waals surface area contributed by atoms with Gasteiger partial charge in [-0.2, -0.15) is 0 Å². The van der Waals surface area contributed by atoms with E-state index in [4.69, 9.17) is 0 Å². The highest BCUT2D eigenvalue weighted by atomic mass is 15.0. The molecule has 3 heterocycles. The first-order valence-electron chi connectivity index (χ1n) is 13.3. The lowest BCUT2D eigenvalue weighted by Gasteiger charge is -2.19. The third kappa shape index (κ3) is 3.15. The van der Waals surface area contributed by atoms with Crippen LogP contribution in [0.5, 0.6) is 0 Å². The van der Waals surface area contributed by atoms with Crippen LogP contribution in [0.15, 0.2) is 79.0 Å². The van der Waals surface area contributed by atoms with E-state index in [-0.39, 0.29) is 5.41 Å². The maximum atomic E-state index is 2.57. The van der Waals surface area contributed by atoms with Crippen LogP contribution in [0.2, 0.25) is 0 Å². The van der Waals surface area contributed by atoms with Crippen molar-refractivity contribution in [3.05, 3.63) is 95.7 Å². The zero-order valence-corrected chi connectivity index (χ0v) is 22.6. The SMILES string of the molecule is Cc1cc2c3c(CC(C)(C)C)cccc3n3c4cc(-c5ccccc5)cc5cc[n+](C)c(c(c1C)c23)c54. The summed E-state index contributed by atoms with van der Waals surface area (Å²) in [6.45, 7) is 11.6. The van der Waals surface area contributed by atoms with Crippen molar-refractivity contribution in [1.82, 2.24) is 4.40 Å². The highest BCUT2D eigenvalue weighted by Gasteiger charge is 2.26. The van der Waals surface area contributed by atoms with Gasteiger partial charge in [-0.05, 0) is 83.2 Å². The summed E-state index contributed by atoms with van der Waals surface area (Å²) in [6, 6.07) is 27.2. The van der Waals surface area contributed by atoms with Crippen molar-refractivity contribution in [3.63, 3.8) is 0 Å². The first-order chi connectivity index (χ1) is 17.7.